The summed E-state index contributed by atoms with van der Waals surface area (Å²) in [5.74, 6) is 0.923. The molecule has 14 heavy (non-hydrogen) atoms. The molecule has 2 rings (SSSR count). The van der Waals surface area contributed by atoms with Crippen LogP contribution in [0.5, 0.6) is 0 Å². The van der Waals surface area contributed by atoms with E-state index in [1.54, 1.807) is 0 Å². The summed E-state index contributed by atoms with van der Waals surface area (Å²) < 4.78 is 5.52. The maximum Gasteiger partial charge on any atom is 0.0483 e. The second kappa shape index (κ2) is 4.19. The van der Waals surface area contributed by atoms with Gasteiger partial charge in [0.1, 0.15) is 0 Å². The molecule has 1 spiro atoms. The van der Waals surface area contributed by atoms with Crippen LogP contribution in [0.2, 0.25) is 0 Å². The van der Waals surface area contributed by atoms with E-state index in [2.05, 4.69) is 18.7 Å². The zero-order valence-corrected chi connectivity index (χ0v) is 9.59. The Kier molecular flexibility index (Phi) is 3.13. The molecule has 1 atom stereocenters. The monoisotopic (exact) mass is 197 g/mol. The molecule has 0 N–H and O–H groups in total. The Morgan fingerprint density at radius 2 is 2.00 bits per heavy atom. The fourth-order valence-electron chi connectivity index (χ4n) is 3.57. The van der Waals surface area contributed by atoms with E-state index in [4.69, 9.17) is 4.74 Å². The first-order valence-corrected chi connectivity index (χ1v) is 6.16. The Morgan fingerprint density at radius 3 is 2.57 bits per heavy atom. The van der Waals surface area contributed by atoms with Crippen molar-refractivity contribution in [3.05, 3.63) is 0 Å². The van der Waals surface area contributed by atoms with Gasteiger partial charge in [0.2, 0.25) is 0 Å². The number of likely N-dealkylation sites (tertiary alicyclic amines) is 1. The lowest BCUT2D eigenvalue weighted by Crippen LogP contribution is -2.51. The quantitative estimate of drug-likeness (QED) is 0.673. The van der Waals surface area contributed by atoms with Crippen LogP contribution in [0.4, 0.5) is 0 Å². The van der Waals surface area contributed by atoms with Gasteiger partial charge in [0, 0.05) is 18.8 Å². The van der Waals surface area contributed by atoms with E-state index in [9.17, 15) is 0 Å². The van der Waals surface area contributed by atoms with Crippen molar-refractivity contribution in [1.82, 2.24) is 4.90 Å². The molecule has 1 unspecified atom stereocenters. The van der Waals surface area contributed by atoms with E-state index in [0.29, 0.717) is 5.54 Å². The Balaban J connectivity index is 2.15. The lowest BCUT2D eigenvalue weighted by molar-refractivity contribution is -0.0269. The normalized spacial score (nSPS) is 32.6. The molecular weight excluding hydrogens is 174 g/mol. The molecule has 0 bridgehead atoms. The Bertz CT molecular complexity index is 173. The van der Waals surface area contributed by atoms with E-state index < -0.39 is 0 Å². The topological polar surface area (TPSA) is 12.5 Å². The second-order valence-corrected chi connectivity index (χ2v) is 4.69. The van der Waals surface area contributed by atoms with Crippen LogP contribution in [-0.4, -0.2) is 36.7 Å². The summed E-state index contributed by atoms with van der Waals surface area (Å²) in [6, 6.07) is 0. The van der Waals surface area contributed by atoms with E-state index >= 15 is 0 Å². The summed E-state index contributed by atoms with van der Waals surface area (Å²) in [5, 5.41) is 0. The standard InChI is InChI=1S/C12H23NO/c1-3-11-5-8-13(4-2)12(11)6-9-14-10-7-12/h11H,3-10H2,1-2H3. The Labute approximate surface area is 87.6 Å². The molecule has 2 heterocycles. The molecule has 2 aliphatic heterocycles. The fourth-order valence-corrected chi connectivity index (χ4v) is 3.57. The van der Waals surface area contributed by atoms with Gasteiger partial charge >= 0.3 is 0 Å². The van der Waals surface area contributed by atoms with Crippen LogP contribution in [0.25, 0.3) is 0 Å². The number of hydrogen-bond donors (Lipinski definition) is 0. The molecule has 0 amide bonds. The summed E-state index contributed by atoms with van der Waals surface area (Å²) in [7, 11) is 0. The highest BCUT2D eigenvalue weighted by molar-refractivity contribution is 5.02. The summed E-state index contributed by atoms with van der Waals surface area (Å²) >= 11 is 0. The predicted molar refractivity (Wildman–Crippen MR) is 58.4 cm³/mol. The van der Waals surface area contributed by atoms with Gasteiger partial charge in [0.15, 0.2) is 0 Å². The van der Waals surface area contributed by atoms with Gasteiger partial charge in [-0.1, -0.05) is 20.3 Å². The molecule has 0 aromatic heterocycles. The molecule has 2 nitrogen and oxygen atoms in total. The number of ether oxygens (including phenoxy) is 1. The van der Waals surface area contributed by atoms with E-state index in [0.717, 1.165) is 19.1 Å². The first-order valence-electron chi connectivity index (χ1n) is 6.16. The molecule has 2 fully saturated rings. The van der Waals surface area contributed by atoms with Crippen LogP contribution in [0.15, 0.2) is 0 Å². The van der Waals surface area contributed by atoms with Gasteiger partial charge in [-0.3, -0.25) is 4.90 Å². The van der Waals surface area contributed by atoms with Crippen LogP contribution < -0.4 is 0 Å². The number of hydrogen-bond acceptors (Lipinski definition) is 2. The third-order valence-corrected chi connectivity index (χ3v) is 4.37. The number of rotatable bonds is 2. The minimum atomic E-state index is 0.516. The van der Waals surface area contributed by atoms with Crippen molar-refractivity contribution < 1.29 is 4.74 Å². The summed E-state index contributed by atoms with van der Waals surface area (Å²) in [6.45, 7) is 9.14. The molecule has 2 heteroatoms. The molecule has 0 aliphatic carbocycles. The molecule has 0 saturated carbocycles. The van der Waals surface area contributed by atoms with Gasteiger partial charge in [-0.2, -0.15) is 0 Å². The summed E-state index contributed by atoms with van der Waals surface area (Å²) in [6.07, 6.45) is 5.28. The maximum atomic E-state index is 5.52. The minimum Gasteiger partial charge on any atom is -0.381 e. The number of nitrogens with zero attached hydrogens (tertiary/aromatic N) is 1. The van der Waals surface area contributed by atoms with Gasteiger partial charge in [-0.15, -0.1) is 0 Å². The van der Waals surface area contributed by atoms with Crippen molar-refractivity contribution >= 4 is 0 Å². The third-order valence-electron chi connectivity index (χ3n) is 4.37. The van der Waals surface area contributed by atoms with Gasteiger partial charge in [-0.05, 0) is 38.3 Å². The average molecular weight is 197 g/mol. The Hall–Kier alpha value is -0.0800. The van der Waals surface area contributed by atoms with Crippen molar-refractivity contribution in [2.45, 2.75) is 45.1 Å². The van der Waals surface area contributed by atoms with Crippen molar-refractivity contribution in [1.29, 1.82) is 0 Å². The van der Waals surface area contributed by atoms with Crippen molar-refractivity contribution in [3.63, 3.8) is 0 Å². The molecular formula is C12H23NO. The van der Waals surface area contributed by atoms with E-state index in [-0.39, 0.29) is 0 Å². The van der Waals surface area contributed by atoms with Crippen molar-refractivity contribution in [3.8, 4) is 0 Å². The molecule has 0 aromatic carbocycles. The van der Waals surface area contributed by atoms with Crippen LogP contribution >= 0.6 is 0 Å². The lowest BCUT2D eigenvalue weighted by atomic mass is 9.77. The highest BCUT2D eigenvalue weighted by Gasteiger charge is 2.47. The molecule has 0 radical (unpaired) electrons. The van der Waals surface area contributed by atoms with Crippen LogP contribution in [0.3, 0.4) is 0 Å². The lowest BCUT2D eigenvalue weighted by Gasteiger charge is -2.45. The average Bonchev–Trinajstić information content (AvgIpc) is 2.57. The van der Waals surface area contributed by atoms with Crippen LogP contribution in [0.1, 0.15) is 39.5 Å². The molecule has 82 valence electrons. The zero-order valence-electron chi connectivity index (χ0n) is 9.59. The first kappa shape index (κ1) is 10.4. The van der Waals surface area contributed by atoms with Gasteiger partial charge in [0.05, 0.1) is 0 Å². The Morgan fingerprint density at radius 1 is 1.29 bits per heavy atom. The first-order chi connectivity index (χ1) is 6.83. The summed E-state index contributed by atoms with van der Waals surface area (Å²) in [5.41, 5.74) is 0.516. The maximum absolute atomic E-state index is 5.52. The van der Waals surface area contributed by atoms with Crippen LogP contribution in [-0.2, 0) is 4.74 Å². The van der Waals surface area contributed by atoms with Gasteiger partial charge < -0.3 is 4.74 Å². The van der Waals surface area contributed by atoms with Crippen molar-refractivity contribution in [2.24, 2.45) is 5.92 Å². The minimum absolute atomic E-state index is 0.516. The third kappa shape index (κ3) is 1.49. The van der Waals surface area contributed by atoms with Crippen molar-refractivity contribution in [2.75, 3.05) is 26.3 Å². The fraction of sp³-hybridized carbons (Fsp3) is 1.00. The summed E-state index contributed by atoms with van der Waals surface area (Å²) in [4.78, 5) is 2.71. The van der Waals surface area contributed by atoms with Crippen LogP contribution in [0, 0.1) is 5.92 Å². The highest BCUT2D eigenvalue weighted by Crippen LogP contribution is 2.43. The largest absolute Gasteiger partial charge is 0.381 e. The van der Waals surface area contributed by atoms with Gasteiger partial charge in [-0.25, -0.2) is 0 Å². The molecule has 2 aliphatic rings. The predicted octanol–water partition coefficient (Wildman–Crippen LogP) is 2.29. The zero-order chi connectivity index (χ0) is 10.0. The van der Waals surface area contributed by atoms with E-state index in [1.807, 2.05) is 0 Å². The second-order valence-electron chi connectivity index (χ2n) is 4.69. The smallest absolute Gasteiger partial charge is 0.0483 e. The molecule has 2 saturated heterocycles. The van der Waals surface area contributed by atoms with E-state index in [1.165, 1.54) is 38.8 Å². The molecule has 0 aromatic rings. The SMILES string of the molecule is CCC1CCN(CC)C12CCOCC2. The highest BCUT2D eigenvalue weighted by atomic mass is 16.5. The van der Waals surface area contributed by atoms with Gasteiger partial charge in [0.25, 0.3) is 0 Å².